The molecule has 0 rings (SSSR count). The first-order chi connectivity index (χ1) is 8.72. The number of hydrogen-bond acceptors (Lipinski definition) is 4. The molecule has 19 heavy (non-hydrogen) atoms. The van der Waals surface area contributed by atoms with Crippen molar-refractivity contribution in [2.75, 3.05) is 0 Å². The van der Waals surface area contributed by atoms with Crippen LogP contribution in [0.15, 0.2) is 12.2 Å². The van der Waals surface area contributed by atoms with Crippen molar-refractivity contribution in [3.8, 4) is 0 Å². The van der Waals surface area contributed by atoms with E-state index in [1.807, 2.05) is 26.0 Å². The van der Waals surface area contributed by atoms with Crippen molar-refractivity contribution < 1.29 is 19.4 Å². The van der Waals surface area contributed by atoms with E-state index < -0.39 is 23.7 Å². The second kappa shape index (κ2) is 7.94. The summed E-state index contributed by atoms with van der Waals surface area (Å²) in [5, 5.41) is 12.5. The smallest absolute Gasteiger partial charge is 0.331 e. The number of amides is 1. The van der Waals surface area contributed by atoms with Crippen LogP contribution in [-0.4, -0.2) is 35.2 Å². The van der Waals surface area contributed by atoms with Gasteiger partial charge in [-0.25, -0.2) is 4.79 Å². The quantitative estimate of drug-likeness (QED) is 0.417. The lowest BCUT2D eigenvalue weighted by Gasteiger charge is -2.28. The maximum Gasteiger partial charge on any atom is 0.331 e. The second-order valence-electron chi connectivity index (χ2n) is 5.57. The number of ether oxygens (including phenoxy) is 1. The fourth-order valence-electron chi connectivity index (χ4n) is 1.56. The molecule has 0 aliphatic carbocycles. The zero-order valence-electron chi connectivity index (χ0n) is 12.3. The van der Waals surface area contributed by atoms with Gasteiger partial charge in [0.25, 0.3) is 0 Å². The van der Waals surface area contributed by atoms with Crippen molar-refractivity contribution in [1.29, 1.82) is 0 Å². The van der Waals surface area contributed by atoms with Crippen molar-refractivity contribution in [2.45, 2.75) is 58.8 Å². The number of carbonyl (C=O) groups is 2. The number of nitrogens with one attached hydrogen (secondary N) is 1. The van der Waals surface area contributed by atoms with Gasteiger partial charge < -0.3 is 15.2 Å². The molecule has 0 saturated heterocycles. The maximum atomic E-state index is 11.9. The summed E-state index contributed by atoms with van der Waals surface area (Å²) in [6, 6.07) is -1.04. The normalized spacial score (nSPS) is 16.7. The van der Waals surface area contributed by atoms with E-state index in [0.717, 1.165) is 0 Å². The molecule has 5 nitrogen and oxygen atoms in total. The molecule has 0 fully saturated rings. The Labute approximate surface area is 115 Å². The molecule has 0 unspecified atom stereocenters. The number of carbonyl (C=O) groups excluding carboxylic acids is 2. The van der Waals surface area contributed by atoms with E-state index in [2.05, 4.69) is 5.32 Å². The van der Waals surface area contributed by atoms with Gasteiger partial charge in [0, 0.05) is 0 Å². The molecule has 0 saturated carbocycles. The summed E-state index contributed by atoms with van der Waals surface area (Å²) in [7, 11) is 0. The monoisotopic (exact) mass is 271 g/mol. The third kappa shape index (κ3) is 6.96. The predicted octanol–water partition coefficient (Wildman–Crippen LogP) is 1.41. The van der Waals surface area contributed by atoms with E-state index in [1.54, 1.807) is 20.8 Å². The van der Waals surface area contributed by atoms with Gasteiger partial charge in [0.15, 0.2) is 6.04 Å². The number of hydrogen-bond donors (Lipinski definition) is 2. The summed E-state index contributed by atoms with van der Waals surface area (Å²) in [5.41, 5.74) is -0.661. The van der Waals surface area contributed by atoms with Crippen LogP contribution in [0.4, 0.5) is 0 Å². The minimum Gasteiger partial charge on any atom is -0.458 e. The number of rotatable bonds is 7. The van der Waals surface area contributed by atoms with Gasteiger partial charge in [0.2, 0.25) is 6.41 Å². The molecule has 0 radical (unpaired) electrons. The van der Waals surface area contributed by atoms with Crippen LogP contribution in [0.5, 0.6) is 0 Å². The summed E-state index contributed by atoms with van der Waals surface area (Å²) in [6.45, 7) is 8.90. The molecular formula is C14H25NO4. The highest BCUT2D eigenvalue weighted by molar-refractivity contribution is 5.79. The largest absolute Gasteiger partial charge is 0.458 e. The molecule has 0 spiro atoms. The van der Waals surface area contributed by atoms with Crippen LogP contribution >= 0.6 is 0 Å². The zero-order chi connectivity index (χ0) is 15.1. The van der Waals surface area contributed by atoms with Gasteiger partial charge in [-0.3, -0.25) is 4.79 Å². The van der Waals surface area contributed by atoms with Crippen molar-refractivity contribution in [3.63, 3.8) is 0 Å². The SMILES string of the molecule is C/C=C/C[C@@H](C)[C@H](O)[C@@H](NC=O)C(=O)OC(C)(C)C. The van der Waals surface area contributed by atoms with Crippen LogP contribution in [0, 0.1) is 5.92 Å². The second-order valence-corrected chi connectivity index (χ2v) is 5.57. The number of allylic oxidation sites excluding steroid dienone is 2. The standard InChI is InChI=1S/C14H25NO4/c1-6-7-8-10(2)12(17)11(15-9-16)13(18)19-14(3,4)5/h6-7,9-12,17H,8H2,1-5H3,(H,15,16)/b7-6+/t10-,11-,12+/m1/s1. The molecule has 2 N–H and O–H groups in total. The van der Waals surface area contributed by atoms with Crippen LogP contribution < -0.4 is 5.32 Å². The van der Waals surface area contributed by atoms with E-state index in [-0.39, 0.29) is 5.92 Å². The average molecular weight is 271 g/mol. The molecule has 0 aliphatic rings. The van der Waals surface area contributed by atoms with Crippen molar-refractivity contribution in [3.05, 3.63) is 12.2 Å². The fourth-order valence-corrected chi connectivity index (χ4v) is 1.56. The number of esters is 1. The summed E-state index contributed by atoms with van der Waals surface area (Å²) in [4.78, 5) is 22.5. The first-order valence-corrected chi connectivity index (χ1v) is 6.44. The van der Waals surface area contributed by atoms with E-state index in [1.165, 1.54) is 0 Å². The lowest BCUT2D eigenvalue weighted by Crippen LogP contribution is -2.50. The third-order valence-corrected chi connectivity index (χ3v) is 2.58. The number of aliphatic hydroxyl groups is 1. The first kappa shape index (κ1) is 17.6. The minimum atomic E-state index is -1.04. The predicted molar refractivity (Wildman–Crippen MR) is 73.4 cm³/mol. The van der Waals surface area contributed by atoms with Crippen LogP contribution in [-0.2, 0) is 14.3 Å². The van der Waals surface area contributed by atoms with Gasteiger partial charge in [-0.2, -0.15) is 0 Å². The van der Waals surface area contributed by atoms with Crippen molar-refractivity contribution in [1.82, 2.24) is 5.32 Å². The van der Waals surface area contributed by atoms with Crippen LogP contribution in [0.1, 0.15) is 41.0 Å². The lowest BCUT2D eigenvalue weighted by atomic mass is 9.94. The van der Waals surface area contributed by atoms with Gasteiger partial charge >= 0.3 is 5.97 Å². The average Bonchev–Trinajstić information content (AvgIpc) is 2.29. The Morgan fingerprint density at radius 2 is 2.00 bits per heavy atom. The van der Waals surface area contributed by atoms with Gasteiger partial charge in [0.05, 0.1) is 6.10 Å². The Kier molecular flexibility index (Phi) is 7.37. The highest BCUT2D eigenvalue weighted by atomic mass is 16.6. The van der Waals surface area contributed by atoms with E-state index in [9.17, 15) is 14.7 Å². The van der Waals surface area contributed by atoms with Crippen LogP contribution in [0.2, 0.25) is 0 Å². The minimum absolute atomic E-state index is 0.166. The molecule has 0 aromatic rings. The lowest BCUT2D eigenvalue weighted by molar-refractivity contribution is -0.162. The Balaban J connectivity index is 4.78. The Bertz CT molecular complexity index is 320. The van der Waals surface area contributed by atoms with Crippen LogP contribution in [0.3, 0.4) is 0 Å². The highest BCUT2D eigenvalue weighted by Gasteiger charge is 2.33. The maximum absolute atomic E-state index is 11.9. The Morgan fingerprint density at radius 1 is 1.42 bits per heavy atom. The molecule has 0 bridgehead atoms. The van der Waals surface area contributed by atoms with E-state index in [0.29, 0.717) is 12.8 Å². The molecular weight excluding hydrogens is 246 g/mol. The van der Waals surface area contributed by atoms with Gasteiger partial charge in [-0.15, -0.1) is 0 Å². The zero-order valence-corrected chi connectivity index (χ0v) is 12.3. The van der Waals surface area contributed by atoms with Gasteiger partial charge in [0.1, 0.15) is 5.60 Å². The topological polar surface area (TPSA) is 75.6 Å². The highest BCUT2D eigenvalue weighted by Crippen LogP contribution is 2.16. The van der Waals surface area contributed by atoms with Crippen molar-refractivity contribution in [2.24, 2.45) is 5.92 Å². The molecule has 0 aliphatic heterocycles. The van der Waals surface area contributed by atoms with E-state index >= 15 is 0 Å². The molecule has 0 aromatic heterocycles. The Hall–Kier alpha value is -1.36. The molecule has 5 heteroatoms. The van der Waals surface area contributed by atoms with Crippen molar-refractivity contribution >= 4 is 12.4 Å². The molecule has 110 valence electrons. The molecule has 3 atom stereocenters. The summed E-state index contributed by atoms with van der Waals surface area (Å²) in [5.74, 6) is -0.791. The number of aliphatic hydroxyl groups excluding tert-OH is 1. The fraction of sp³-hybridized carbons (Fsp3) is 0.714. The molecule has 0 heterocycles. The van der Waals surface area contributed by atoms with Gasteiger partial charge in [-0.1, -0.05) is 19.1 Å². The first-order valence-electron chi connectivity index (χ1n) is 6.44. The summed E-state index contributed by atoms with van der Waals surface area (Å²) < 4.78 is 5.19. The third-order valence-electron chi connectivity index (χ3n) is 2.58. The molecule has 0 aromatic carbocycles. The van der Waals surface area contributed by atoms with Gasteiger partial charge in [-0.05, 0) is 40.0 Å². The van der Waals surface area contributed by atoms with E-state index in [4.69, 9.17) is 4.74 Å². The van der Waals surface area contributed by atoms with Crippen LogP contribution in [0.25, 0.3) is 0 Å². The summed E-state index contributed by atoms with van der Waals surface area (Å²) in [6.07, 6.45) is 3.81. The molecule has 1 amide bonds. The Morgan fingerprint density at radius 3 is 2.42 bits per heavy atom. The summed E-state index contributed by atoms with van der Waals surface area (Å²) >= 11 is 0.